The van der Waals surface area contributed by atoms with Gasteiger partial charge >= 0.3 is 11.8 Å². The molecule has 25 heavy (non-hydrogen) atoms. The van der Waals surface area contributed by atoms with Gasteiger partial charge in [-0.25, -0.2) is 4.98 Å². The van der Waals surface area contributed by atoms with Gasteiger partial charge in [0.15, 0.2) is 5.82 Å². The van der Waals surface area contributed by atoms with Gasteiger partial charge < -0.3 is 14.4 Å². The van der Waals surface area contributed by atoms with Crippen molar-refractivity contribution in [2.24, 2.45) is 0 Å². The predicted molar refractivity (Wildman–Crippen MR) is 97.0 cm³/mol. The Hall–Kier alpha value is -2.24. The Balaban J connectivity index is 1.51. The Bertz CT molecular complexity index is 853. The summed E-state index contributed by atoms with van der Waals surface area (Å²) in [4.78, 5) is 20.2. The molecule has 0 aliphatic rings. The van der Waals surface area contributed by atoms with Gasteiger partial charge in [0.05, 0.1) is 15.6 Å². The van der Waals surface area contributed by atoms with Crippen molar-refractivity contribution in [3.05, 3.63) is 45.4 Å². The number of hydrogen-bond acceptors (Lipinski definition) is 6. The van der Waals surface area contributed by atoms with Crippen LogP contribution in [0.4, 0.5) is 0 Å². The molecule has 0 aliphatic carbocycles. The first-order chi connectivity index (χ1) is 12.0. The average Bonchev–Trinajstić information content (AvgIpc) is 3.32. The largest absolute Gasteiger partial charge is 0.348 e. The lowest BCUT2D eigenvalue weighted by atomic mass is 10.4. The third kappa shape index (κ3) is 4.24. The summed E-state index contributed by atoms with van der Waals surface area (Å²) >= 11 is 2.25. The minimum absolute atomic E-state index is 0.0335. The molecule has 9 nitrogen and oxygen atoms in total. The number of carbonyl (C=O) groups excluding carboxylic acids is 1. The van der Waals surface area contributed by atoms with Crippen LogP contribution in [0.1, 0.15) is 34.3 Å². The van der Waals surface area contributed by atoms with Crippen LogP contribution < -0.4 is 5.32 Å². The fourth-order valence-corrected chi connectivity index (χ4v) is 2.72. The molecule has 3 aromatic rings. The molecule has 3 heterocycles. The first kappa shape index (κ1) is 17.6. The number of nitrogens with one attached hydrogen (secondary N) is 1. The quantitative estimate of drug-likeness (QED) is 0.429. The van der Waals surface area contributed by atoms with Crippen molar-refractivity contribution in [1.82, 2.24) is 34.8 Å². The maximum absolute atomic E-state index is 12.0. The summed E-state index contributed by atoms with van der Waals surface area (Å²) in [7, 11) is 0. The monoisotopic (exact) mass is 455 g/mol. The van der Waals surface area contributed by atoms with E-state index >= 15 is 0 Å². The van der Waals surface area contributed by atoms with Gasteiger partial charge in [-0.05, 0) is 42.9 Å². The highest BCUT2D eigenvalue weighted by Gasteiger charge is 2.16. The molecule has 0 unspecified atom stereocenters. The van der Waals surface area contributed by atoms with E-state index in [1.807, 2.05) is 24.6 Å². The fraction of sp³-hybridized carbons (Fsp3) is 0.400. The molecule has 0 saturated carbocycles. The minimum atomic E-state index is -0.368. The summed E-state index contributed by atoms with van der Waals surface area (Å²) in [6.45, 7) is 5.60. The number of aromatic nitrogens is 6. The van der Waals surface area contributed by atoms with E-state index in [-0.39, 0.29) is 11.8 Å². The van der Waals surface area contributed by atoms with E-state index in [1.165, 1.54) is 0 Å². The summed E-state index contributed by atoms with van der Waals surface area (Å²) in [6.07, 6.45) is 6.13. The highest BCUT2D eigenvalue weighted by atomic mass is 127. The van der Waals surface area contributed by atoms with Crippen LogP contribution in [0.15, 0.2) is 23.2 Å². The molecule has 0 radical (unpaired) electrons. The molecule has 0 atom stereocenters. The zero-order valence-corrected chi connectivity index (χ0v) is 16.1. The second kappa shape index (κ2) is 7.76. The van der Waals surface area contributed by atoms with E-state index in [2.05, 4.69) is 48.1 Å². The van der Waals surface area contributed by atoms with Crippen molar-refractivity contribution in [2.75, 3.05) is 6.54 Å². The maximum Gasteiger partial charge on any atom is 0.316 e. The Morgan fingerprint density at radius 3 is 2.92 bits per heavy atom. The number of hydrogen-bond donors (Lipinski definition) is 1. The van der Waals surface area contributed by atoms with Gasteiger partial charge in [0.25, 0.3) is 0 Å². The number of nitrogens with zero attached hydrogens (tertiary/aromatic N) is 6. The number of rotatable bonds is 7. The van der Waals surface area contributed by atoms with Crippen LogP contribution in [0.25, 0.3) is 0 Å². The molecule has 132 valence electrons. The lowest BCUT2D eigenvalue weighted by molar-refractivity contribution is 0.0909. The minimum Gasteiger partial charge on any atom is -0.348 e. The average molecular weight is 455 g/mol. The molecule has 0 aliphatic heterocycles. The van der Waals surface area contributed by atoms with Gasteiger partial charge in [0, 0.05) is 31.2 Å². The molecule has 0 aromatic carbocycles. The van der Waals surface area contributed by atoms with Gasteiger partial charge in [-0.15, -0.1) is 0 Å². The van der Waals surface area contributed by atoms with Gasteiger partial charge in [0.1, 0.15) is 6.54 Å². The Morgan fingerprint density at radius 1 is 1.40 bits per heavy atom. The highest BCUT2D eigenvalue weighted by molar-refractivity contribution is 14.1. The number of aryl methyl sites for hydroxylation is 2. The second-order valence-corrected chi connectivity index (χ2v) is 6.65. The van der Waals surface area contributed by atoms with Crippen molar-refractivity contribution in [3.8, 4) is 0 Å². The smallest absolute Gasteiger partial charge is 0.316 e. The number of amides is 1. The zero-order valence-electron chi connectivity index (χ0n) is 13.9. The first-order valence-electron chi connectivity index (χ1n) is 7.80. The van der Waals surface area contributed by atoms with Crippen LogP contribution in [-0.2, 0) is 13.1 Å². The molecule has 10 heteroatoms. The second-order valence-electron chi connectivity index (χ2n) is 5.57. The molecule has 0 saturated heterocycles. The lowest BCUT2D eigenvalue weighted by Crippen LogP contribution is -2.25. The summed E-state index contributed by atoms with van der Waals surface area (Å²) in [5.74, 6) is 0.0201. The van der Waals surface area contributed by atoms with Crippen LogP contribution in [0.3, 0.4) is 0 Å². The third-order valence-corrected chi connectivity index (χ3v) is 5.25. The standard InChI is InChI=1S/C15H18IN7O2/c1-10-13(16)11(2)23(20-10)8-12-19-15(25-21-12)14(24)18-4-3-6-22-7-5-17-9-22/h5,7,9H,3-4,6,8H2,1-2H3,(H,18,24). The Kier molecular flexibility index (Phi) is 5.46. The summed E-state index contributed by atoms with van der Waals surface area (Å²) in [5.41, 5.74) is 1.99. The van der Waals surface area contributed by atoms with Crippen LogP contribution in [0.2, 0.25) is 0 Å². The molecule has 0 spiro atoms. The summed E-state index contributed by atoms with van der Waals surface area (Å²) < 4.78 is 9.91. The normalized spacial score (nSPS) is 11.0. The Labute approximate surface area is 158 Å². The van der Waals surface area contributed by atoms with Crippen molar-refractivity contribution in [3.63, 3.8) is 0 Å². The maximum atomic E-state index is 12.0. The van der Waals surface area contributed by atoms with Gasteiger partial charge in [-0.1, -0.05) is 5.16 Å². The SMILES string of the molecule is Cc1nn(Cc2noc(C(=O)NCCCn3ccnc3)n2)c(C)c1I. The fourth-order valence-electron chi connectivity index (χ4n) is 2.33. The zero-order chi connectivity index (χ0) is 17.8. The Morgan fingerprint density at radius 2 is 2.24 bits per heavy atom. The van der Waals surface area contributed by atoms with E-state index in [0.717, 1.165) is 27.9 Å². The molecular formula is C15H18IN7O2. The lowest BCUT2D eigenvalue weighted by Gasteiger charge is -2.03. The molecular weight excluding hydrogens is 437 g/mol. The molecule has 0 fully saturated rings. The number of imidazole rings is 1. The number of halogens is 1. The van der Waals surface area contributed by atoms with Crippen molar-refractivity contribution in [2.45, 2.75) is 33.4 Å². The molecule has 3 rings (SSSR count). The first-order valence-corrected chi connectivity index (χ1v) is 8.88. The van der Waals surface area contributed by atoms with E-state index in [0.29, 0.717) is 18.9 Å². The van der Waals surface area contributed by atoms with E-state index in [1.54, 1.807) is 17.2 Å². The van der Waals surface area contributed by atoms with E-state index in [4.69, 9.17) is 4.52 Å². The number of carbonyl (C=O) groups is 1. The predicted octanol–water partition coefficient (Wildman–Crippen LogP) is 1.55. The van der Waals surface area contributed by atoms with E-state index < -0.39 is 0 Å². The van der Waals surface area contributed by atoms with Crippen molar-refractivity contribution < 1.29 is 9.32 Å². The van der Waals surface area contributed by atoms with Gasteiger partial charge in [-0.2, -0.15) is 10.1 Å². The molecule has 1 N–H and O–H groups in total. The van der Waals surface area contributed by atoms with Gasteiger partial charge in [-0.3, -0.25) is 9.48 Å². The third-order valence-electron chi connectivity index (χ3n) is 3.68. The molecule has 3 aromatic heterocycles. The topological polar surface area (TPSA) is 104 Å². The van der Waals surface area contributed by atoms with Crippen LogP contribution >= 0.6 is 22.6 Å². The van der Waals surface area contributed by atoms with Crippen LogP contribution in [0, 0.1) is 17.4 Å². The van der Waals surface area contributed by atoms with Crippen LogP contribution in [-0.4, -0.2) is 41.9 Å². The molecule has 1 amide bonds. The van der Waals surface area contributed by atoms with Gasteiger partial charge in [0.2, 0.25) is 0 Å². The summed E-state index contributed by atoms with van der Waals surface area (Å²) in [6, 6.07) is 0. The summed E-state index contributed by atoms with van der Waals surface area (Å²) in [5, 5.41) is 11.1. The molecule has 0 bridgehead atoms. The van der Waals surface area contributed by atoms with Crippen LogP contribution in [0.5, 0.6) is 0 Å². The highest BCUT2D eigenvalue weighted by Crippen LogP contribution is 2.15. The van der Waals surface area contributed by atoms with E-state index in [9.17, 15) is 4.79 Å². The van der Waals surface area contributed by atoms with Crippen molar-refractivity contribution >= 4 is 28.5 Å². The van der Waals surface area contributed by atoms with Crippen molar-refractivity contribution in [1.29, 1.82) is 0 Å².